The van der Waals surface area contributed by atoms with Crippen molar-refractivity contribution in [3.63, 3.8) is 0 Å². The number of rotatable bonds is 3. The van der Waals surface area contributed by atoms with E-state index in [0.717, 1.165) is 11.4 Å². The molecule has 2 rings (SSSR count). The van der Waals surface area contributed by atoms with Crippen LogP contribution in [-0.4, -0.2) is 11.5 Å². The molecule has 0 saturated heterocycles. The summed E-state index contributed by atoms with van der Waals surface area (Å²) in [5, 5.41) is 7.39. The Morgan fingerprint density at radius 2 is 2.31 bits per heavy atom. The third-order valence-electron chi connectivity index (χ3n) is 1.87. The van der Waals surface area contributed by atoms with Gasteiger partial charge in [-0.25, -0.2) is 4.99 Å². The molecule has 0 radical (unpaired) electrons. The minimum Gasteiger partial charge on any atom is -0.359 e. The second-order valence-corrected chi connectivity index (χ2v) is 3.65. The van der Waals surface area contributed by atoms with Gasteiger partial charge in [-0.3, -0.25) is 0 Å². The highest BCUT2D eigenvalue weighted by Gasteiger charge is 1.95. The predicted molar refractivity (Wildman–Crippen MR) is 64.5 cm³/mol. The SMILES string of the molecule is Cc1cc(N=CNc2cccc(Cl)c2)no1. The van der Waals surface area contributed by atoms with Crippen molar-refractivity contribution in [3.05, 3.63) is 41.1 Å². The van der Waals surface area contributed by atoms with Crippen LogP contribution in [0.4, 0.5) is 11.5 Å². The quantitative estimate of drug-likeness (QED) is 0.655. The lowest BCUT2D eigenvalue weighted by atomic mass is 10.3. The number of aromatic nitrogens is 1. The van der Waals surface area contributed by atoms with Crippen LogP contribution >= 0.6 is 11.6 Å². The summed E-state index contributed by atoms with van der Waals surface area (Å²) in [6.07, 6.45) is 1.54. The molecule has 0 amide bonds. The fraction of sp³-hybridized carbons (Fsp3) is 0.0909. The maximum atomic E-state index is 5.83. The summed E-state index contributed by atoms with van der Waals surface area (Å²) < 4.78 is 4.87. The highest BCUT2D eigenvalue weighted by Crippen LogP contribution is 2.14. The topological polar surface area (TPSA) is 50.4 Å². The number of benzene rings is 1. The lowest BCUT2D eigenvalue weighted by molar-refractivity contribution is 0.399. The van der Waals surface area contributed by atoms with Crippen molar-refractivity contribution >= 4 is 29.4 Å². The third kappa shape index (κ3) is 2.84. The highest BCUT2D eigenvalue weighted by atomic mass is 35.5. The van der Waals surface area contributed by atoms with Crippen LogP contribution in [0, 0.1) is 6.92 Å². The van der Waals surface area contributed by atoms with E-state index < -0.39 is 0 Å². The first-order valence-corrected chi connectivity index (χ1v) is 5.10. The van der Waals surface area contributed by atoms with E-state index in [4.69, 9.17) is 16.1 Å². The molecule has 2 aromatic rings. The summed E-state index contributed by atoms with van der Waals surface area (Å²) in [6, 6.07) is 9.12. The average Bonchev–Trinajstić information content (AvgIpc) is 2.64. The van der Waals surface area contributed by atoms with Crippen molar-refractivity contribution in [1.82, 2.24) is 5.16 Å². The molecular formula is C11H10ClN3O. The van der Waals surface area contributed by atoms with Crippen molar-refractivity contribution in [2.24, 2.45) is 4.99 Å². The van der Waals surface area contributed by atoms with E-state index in [9.17, 15) is 0 Å². The van der Waals surface area contributed by atoms with Crippen LogP contribution in [0.3, 0.4) is 0 Å². The Kier molecular flexibility index (Phi) is 3.22. The van der Waals surface area contributed by atoms with Crippen LogP contribution in [0.25, 0.3) is 0 Å². The molecule has 1 N–H and O–H groups in total. The summed E-state index contributed by atoms with van der Waals surface area (Å²) in [6.45, 7) is 1.82. The zero-order chi connectivity index (χ0) is 11.4. The molecule has 0 unspecified atom stereocenters. The van der Waals surface area contributed by atoms with Crippen LogP contribution in [-0.2, 0) is 0 Å². The molecule has 4 nitrogen and oxygen atoms in total. The smallest absolute Gasteiger partial charge is 0.196 e. The second kappa shape index (κ2) is 4.81. The van der Waals surface area contributed by atoms with Crippen LogP contribution in [0.15, 0.2) is 39.8 Å². The number of nitrogens with one attached hydrogen (secondary N) is 1. The number of halogens is 1. The fourth-order valence-corrected chi connectivity index (χ4v) is 1.36. The standard InChI is InChI=1S/C11H10ClN3O/c1-8-5-11(15-16-8)14-7-13-10-4-2-3-9(12)6-10/h2-7H,1H3,(H,13,14,15). The summed E-state index contributed by atoms with van der Waals surface area (Å²) in [7, 11) is 0. The van der Waals surface area contributed by atoms with Gasteiger partial charge in [-0.05, 0) is 25.1 Å². The van der Waals surface area contributed by atoms with E-state index in [-0.39, 0.29) is 0 Å². The van der Waals surface area contributed by atoms with E-state index in [1.54, 1.807) is 12.4 Å². The van der Waals surface area contributed by atoms with Gasteiger partial charge >= 0.3 is 0 Å². The maximum Gasteiger partial charge on any atom is 0.196 e. The van der Waals surface area contributed by atoms with E-state index >= 15 is 0 Å². The molecule has 1 heterocycles. The molecule has 0 spiro atoms. The van der Waals surface area contributed by atoms with Gasteiger partial charge in [0.2, 0.25) is 0 Å². The summed E-state index contributed by atoms with van der Waals surface area (Å²) in [5.41, 5.74) is 0.872. The van der Waals surface area contributed by atoms with Gasteiger partial charge in [0.15, 0.2) is 5.82 Å². The van der Waals surface area contributed by atoms with Crippen LogP contribution < -0.4 is 5.32 Å². The molecule has 0 bridgehead atoms. The van der Waals surface area contributed by atoms with Crippen molar-refractivity contribution in [2.45, 2.75) is 6.92 Å². The van der Waals surface area contributed by atoms with Crippen molar-refractivity contribution < 1.29 is 4.52 Å². The van der Waals surface area contributed by atoms with E-state index in [2.05, 4.69) is 15.5 Å². The zero-order valence-corrected chi connectivity index (χ0v) is 9.40. The minimum atomic E-state index is 0.534. The van der Waals surface area contributed by atoms with Gasteiger partial charge in [0, 0.05) is 16.8 Å². The van der Waals surface area contributed by atoms with Crippen molar-refractivity contribution in [1.29, 1.82) is 0 Å². The van der Waals surface area contributed by atoms with Gasteiger partial charge in [-0.1, -0.05) is 22.8 Å². The molecule has 1 aromatic carbocycles. The largest absolute Gasteiger partial charge is 0.359 e. The number of hydrogen-bond acceptors (Lipinski definition) is 3. The molecule has 82 valence electrons. The average molecular weight is 236 g/mol. The van der Waals surface area contributed by atoms with Crippen LogP contribution in [0.2, 0.25) is 5.02 Å². The van der Waals surface area contributed by atoms with E-state index in [1.165, 1.54) is 0 Å². The lowest BCUT2D eigenvalue weighted by Gasteiger charge is -1.98. The van der Waals surface area contributed by atoms with Gasteiger partial charge in [-0.15, -0.1) is 0 Å². The minimum absolute atomic E-state index is 0.534. The normalized spacial score (nSPS) is 10.9. The molecule has 0 atom stereocenters. The summed E-state index contributed by atoms with van der Waals surface area (Å²) in [5.74, 6) is 1.27. The van der Waals surface area contributed by atoms with E-state index in [1.807, 2.05) is 31.2 Å². The fourth-order valence-electron chi connectivity index (χ4n) is 1.17. The number of hydrogen-bond donors (Lipinski definition) is 1. The Labute approximate surface area is 97.9 Å². The number of aliphatic imine (C=N–C) groups is 1. The molecule has 5 heteroatoms. The van der Waals surface area contributed by atoms with Crippen LogP contribution in [0.1, 0.15) is 5.76 Å². The molecule has 0 fully saturated rings. The molecule has 0 saturated carbocycles. The number of aryl methyl sites for hydroxylation is 1. The Morgan fingerprint density at radius 1 is 1.44 bits per heavy atom. The van der Waals surface area contributed by atoms with Crippen molar-refractivity contribution in [3.8, 4) is 0 Å². The van der Waals surface area contributed by atoms with Gasteiger partial charge in [0.1, 0.15) is 5.76 Å². The Hall–Kier alpha value is -1.81. The number of nitrogens with zero attached hydrogens (tertiary/aromatic N) is 2. The van der Waals surface area contributed by atoms with Crippen molar-refractivity contribution in [2.75, 3.05) is 5.32 Å². The van der Waals surface area contributed by atoms with Gasteiger partial charge in [0.25, 0.3) is 0 Å². The molecule has 0 aliphatic heterocycles. The molecular weight excluding hydrogens is 226 g/mol. The highest BCUT2D eigenvalue weighted by molar-refractivity contribution is 6.30. The molecule has 1 aromatic heterocycles. The Morgan fingerprint density at radius 3 is 3.00 bits per heavy atom. The monoisotopic (exact) mass is 235 g/mol. The first-order chi connectivity index (χ1) is 7.74. The summed E-state index contributed by atoms with van der Waals surface area (Å²) in [4.78, 5) is 4.07. The first-order valence-electron chi connectivity index (χ1n) is 4.72. The van der Waals surface area contributed by atoms with Gasteiger partial charge in [-0.2, -0.15) is 0 Å². The van der Waals surface area contributed by atoms with Crippen LogP contribution in [0.5, 0.6) is 0 Å². The lowest BCUT2D eigenvalue weighted by Crippen LogP contribution is -1.93. The molecule has 0 aliphatic carbocycles. The zero-order valence-electron chi connectivity index (χ0n) is 8.64. The predicted octanol–water partition coefficient (Wildman–Crippen LogP) is 3.41. The Balaban J connectivity index is 1.99. The van der Waals surface area contributed by atoms with Gasteiger partial charge in [0.05, 0.1) is 6.34 Å². The number of anilines is 1. The van der Waals surface area contributed by atoms with E-state index in [0.29, 0.717) is 10.8 Å². The second-order valence-electron chi connectivity index (χ2n) is 3.21. The Bertz CT molecular complexity index is 507. The molecule has 0 aliphatic rings. The molecule has 16 heavy (non-hydrogen) atoms. The third-order valence-corrected chi connectivity index (χ3v) is 2.10. The summed E-state index contributed by atoms with van der Waals surface area (Å²) >= 11 is 5.83. The maximum absolute atomic E-state index is 5.83. The first kappa shape index (κ1) is 10.7. The van der Waals surface area contributed by atoms with Gasteiger partial charge < -0.3 is 9.84 Å².